The van der Waals surface area contributed by atoms with Gasteiger partial charge in [0.25, 0.3) is 0 Å². The van der Waals surface area contributed by atoms with Crippen molar-refractivity contribution >= 4 is 41.7 Å². The lowest BCUT2D eigenvalue weighted by Crippen LogP contribution is -2.31. The Morgan fingerprint density at radius 2 is 1.86 bits per heavy atom. The Morgan fingerprint density at radius 1 is 1.08 bits per heavy atom. The minimum Gasteiger partial charge on any atom is -0.491 e. The lowest BCUT2D eigenvalue weighted by atomic mass is 10.1. The maximum atomic E-state index is 14.0. The first kappa shape index (κ1) is 28.7. The molecule has 0 saturated carbocycles. The van der Waals surface area contributed by atoms with E-state index in [4.69, 9.17) is 19.9 Å². The van der Waals surface area contributed by atoms with Crippen molar-refractivity contribution in [3.63, 3.8) is 0 Å². The average molecular weight is 535 g/mol. The number of nitrogens with two attached hydrogens (primary N) is 1. The molecule has 0 aliphatic carbocycles. The fraction of sp³-hybridized carbons (Fsp3) is 0.200. The number of hydrogen-bond acceptors (Lipinski definition) is 8. The molecule has 2 N–H and O–H groups in total. The highest BCUT2D eigenvalue weighted by molar-refractivity contribution is 6.06. The molecule has 36 heavy (non-hydrogen) atoms. The SMILES string of the molecule is COc1cncc(C[C@@H](N)COc2ccc3ncc(F)cc3c2C(=O)OCc2ccccc2)n1.Cl.Cl. The van der Waals surface area contributed by atoms with Crippen LogP contribution < -0.4 is 15.2 Å². The summed E-state index contributed by atoms with van der Waals surface area (Å²) < 4.78 is 30.5. The third-order valence-corrected chi connectivity index (χ3v) is 5.01. The summed E-state index contributed by atoms with van der Waals surface area (Å²) >= 11 is 0. The molecule has 2 aromatic carbocycles. The van der Waals surface area contributed by atoms with Crippen LogP contribution in [0, 0.1) is 5.82 Å². The predicted molar refractivity (Wildman–Crippen MR) is 138 cm³/mol. The standard InChI is InChI=1S/C25H23FN4O4.2ClH/c1-32-23-13-28-12-19(30-23)10-18(27)15-33-22-8-7-21-20(9-17(26)11-29-21)24(22)25(31)34-14-16-5-3-2-4-6-16;;/h2-9,11-13,18H,10,14-15,27H2,1H3;2*1H/t18-;;/m1../s1. The van der Waals surface area contributed by atoms with Gasteiger partial charge in [0, 0.05) is 24.0 Å². The van der Waals surface area contributed by atoms with E-state index in [1.54, 1.807) is 18.3 Å². The van der Waals surface area contributed by atoms with Gasteiger partial charge in [0.05, 0.1) is 30.7 Å². The molecule has 0 amide bonds. The normalized spacial score (nSPS) is 11.1. The maximum absolute atomic E-state index is 14.0. The van der Waals surface area contributed by atoms with Gasteiger partial charge in [-0.25, -0.2) is 14.2 Å². The molecule has 4 rings (SSSR count). The van der Waals surface area contributed by atoms with Gasteiger partial charge in [-0.05, 0) is 23.8 Å². The summed E-state index contributed by atoms with van der Waals surface area (Å²) in [5.74, 6) is -0.609. The monoisotopic (exact) mass is 534 g/mol. The predicted octanol–water partition coefficient (Wildman–Crippen LogP) is 4.32. The van der Waals surface area contributed by atoms with Crippen LogP contribution >= 0.6 is 24.8 Å². The van der Waals surface area contributed by atoms with Gasteiger partial charge in [0.1, 0.15) is 30.3 Å². The third-order valence-electron chi connectivity index (χ3n) is 5.01. The highest BCUT2D eigenvalue weighted by Gasteiger charge is 2.21. The zero-order chi connectivity index (χ0) is 23.9. The number of pyridine rings is 1. The van der Waals surface area contributed by atoms with Crippen LogP contribution in [0.25, 0.3) is 10.9 Å². The molecule has 2 heterocycles. The molecule has 0 aliphatic rings. The van der Waals surface area contributed by atoms with Crippen molar-refractivity contribution in [1.29, 1.82) is 0 Å². The zero-order valence-electron chi connectivity index (χ0n) is 19.3. The number of rotatable bonds is 9. The molecule has 0 radical (unpaired) electrons. The molecule has 0 spiro atoms. The molecule has 11 heteroatoms. The number of carbonyl (C=O) groups excluding carboxylic acids is 1. The number of benzene rings is 2. The lowest BCUT2D eigenvalue weighted by molar-refractivity contribution is 0.0470. The quantitative estimate of drug-likeness (QED) is 0.316. The van der Waals surface area contributed by atoms with Crippen molar-refractivity contribution < 1.29 is 23.4 Å². The molecule has 8 nitrogen and oxygen atoms in total. The average Bonchev–Trinajstić information content (AvgIpc) is 2.86. The number of carbonyl (C=O) groups is 1. The summed E-state index contributed by atoms with van der Waals surface area (Å²) in [5, 5.41) is 0.294. The Labute approximate surface area is 219 Å². The fourth-order valence-corrected chi connectivity index (χ4v) is 3.39. The van der Waals surface area contributed by atoms with Gasteiger partial charge in [-0.1, -0.05) is 30.3 Å². The summed E-state index contributed by atoms with van der Waals surface area (Å²) in [4.78, 5) is 25.5. The van der Waals surface area contributed by atoms with Crippen LogP contribution in [-0.2, 0) is 17.8 Å². The smallest absolute Gasteiger partial charge is 0.342 e. The van der Waals surface area contributed by atoms with Crippen molar-refractivity contribution in [2.75, 3.05) is 13.7 Å². The third kappa shape index (κ3) is 7.24. The van der Waals surface area contributed by atoms with Crippen LogP contribution in [-0.4, -0.2) is 40.7 Å². The van der Waals surface area contributed by atoms with Gasteiger partial charge in [-0.2, -0.15) is 0 Å². The van der Waals surface area contributed by atoms with Gasteiger partial charge in [-0.3, -0.25) is 9.97 Å². The molecule has 190 valence electrons. The summed E-state index contributed by atoms with van der Waals surface area (Å²) in [6, 6.07) is 13.3. The number of esters is 1. The van der Waals surface area contributed by atoms with Gasteiger partial charge >= 0.3 is 5.97 Å². The van der Waals surface area contributed by atoms with Gasteiger partial charge < -0.3 is 19.9 Å². The van der Waals surface area contributed by atoms with Gasteiger partial charge in [0.15, 0.2) is 0 Å². The van der Waals surface area contributed by atoms with Crippen LogP contribution in [0.4, 0.5) is 4.39 Å². The molecule has 0 fully saturated rings. The lowest BCUT2D eigenvalue weighted by Gasteiger charge is -2.16. The second-order valence-corrected chi connectivity index (χ2v) is 7.55. The first-order valence-electron chi connectivity index (χ1n) is 10.6. The Balaban J connectivity index is 0.00000228. The number of fused-ring (bicyclic) bond motifs is 1. The van der Waals surface area contributed by atoms with E-state index in [-0.39, 0.29) is 49.3 Å². The number of methoxy groups -OCH3 is 1. The largest absolute Gasteiger partial charge is 0.491 e. The van der Waals surface area contributed by atoms with Crippen LogP contribution in [0.1, 0.15) is 21.6 Å². The number of nitrogens with zero attached hydrogens (tertiary/aromatic N) is 3. The maximum Gasteiger partial charge on any atom is 0.342 e. The van der Waals surface area contributed by atoms with Crippen LogP contribution in [0.5, 0.6) is 11.6 Å². The molecule has 0 aliphatic heterocycles. The Kier molecular flexibility index (Phi) is 10.8. The Hall–Kier alpha value is -3.53. The van der Waals surface area contributed by atoms with Crippen molar-refractivity contribution in [1.82, 2.24) is 15.0 Å². The van der Waals surface area contributed by atoms with Crippen molar-refractivity contribution in [2.45, 2.75) is 19.1 Å². The minimum absolute atomic E-state index is 0. The summed E-state index contributed by atoms with van der Waals surface area (Å²) in [5.41, 5.74) is 8.22. The molecule has 0 unspecified atom stereocenters. The highest BCUT2D eigenvalue weighted by atomic mass is 35.5. The first-order valence-corrected chi connectivity index (χ1v) is 10.6. The van der Waals surface area contributed by atoms with E-state index in [1.807, 2.05) is 30.3 Å². The van der Waals surface area contributed by atoms with E-state index in [9.17, 15) is 9.18 Å². The van der Waals surface area contributed by atoms with Crippen molar-refractivity contribution in [3.8, 4) is 11.6 Å². The number of halogens is 3. The molecule has 4 aromatic rings. The number of hydrogen-bond donors (Lipinski definition) is 1. The molecular formula is C25H25Cl2FN4O4. The highest BCUT2D eigenvalue weighted by Crippen LogP contribution is 2.29. The summed E-state index contributed by atoms with van der Waals surface area (Å²) in [6.07, 6.45) is 4.56. The molecule has 1 atom stereocenters. The minimum atomic E-state index is -0.649. The van der Waals surface area contributed by atoms with E-state index >= 15 is 0 Å². The van der Waals surface area contributed by atoms with Gasteiger partial charge in [-0.15, -0.1) is 24.8 Å². The first-order chi connectivity index (χ1) is 16.5. The number of ether oxygens (including phenoxy) is 3. The summed E-state index contributed by atoms with van der Waals surface area (Å²) in [7, 11) is 1.51. The second-order valence-electron chi connectivity index (χ2n) is 7.55. The molecule has 0 saturated heterocycles. The Bertz CT molecular complexity index is 1300. The second kappa shape index (κ2) is 13.5. The van der Waals surface area contributed by atoms with Gasteiger partial charge in [0.2, 0.25) is 5.88 Å². The van der Waals surface area contributed by atoms with Crippen LogP contribution in [0.2, 0.25) is 0 Å². The summed E-state index contributed by atoms with van der Waals surface area (Å²) in [6.45, 7) is 0.137. The van der Waals surface area contributed by atoms with E-state index in [0.717, 1.165) is 11.8 Å². The number of aromatic nitrogens is 3. The fourth-order valence-electron chi connectivity index (χ4n) is 3.39. The van der Waals surface area contributed by atoms with Crippen LogP contribution in [0.3, 0.4) is 0 Å². The molecular weight excluding hydrogens is 510 g/mol. The van der Waals surface area contributed by atoms with Crippen LogP contribution in [0.15, 0.2) is 67.1 Å². The van der Waals surface area contributed by atoms with E-state index in [0.29, 0.717) is 28.9 Å². The van der Waals surface area contributed by atoms with Crippen molar-refractivity contribution in [3.05, 3.63) is 89.8 Å². The zero-order valence-corrected chi connectivity index (χ0v) is 20.9. The van der Waals surface area contributed by atoms with E-state index in [1.165, 1.54) is 19.4 Å². The van der Waals surface area contributed by atoms with E-state index < -0.39 is 17.8 Å². The molecule has 0 bridgehead atoms. The Morgan fingerprint density at radius 3 is 2.61 bits per heavy atom. The topological polar surface area (TPSA) is 109 Å². The van der Waals surface area contributed by atoms with Crippen molar-refractivity contribution in [2.24, 2.45) is 5.73 Å². The molecule has 2 aromatic heterocycles. The van der Waals surface area contributed by atoms with E-state index in [2.05, 4.69) is 15.0 Å².